The van der Waals surface area contributed by atoms with Crippen LogP contribution in [0.4, 0.5) is 8.78 Å². The average molecular weight is 450 g/mol. The van der Waals surface area contributed by atoms with Crippen molar-refractivity contribution in [1.29, 1.82) is 0 Å². The van der Waals surface area contributed by atoms with Crippen molar-refractivity contribution in [2.75, 3.05) is 7.11 Å². The topological polar surface area (TPSA) is 67.9 Å². The maximum absolute atomic E-state index is 14.8. The quantitative estimate of drug-likeness (QED) is 0.374. The molecule has 2 aromatic heterocycles. The number of ether oxygens (including phenoxy) is 1. The van der Waals surface area contributed by atoms with E-state index >= 15 is 0 Å². The van der Waals surface area contributed by atoms with Crippen LogP contribution >= 0.6 is 0 Å². The number of benzene rings is 2. The highest BCUT2D eigenvalue weighted by Crippen LogP contribution is 2.43. The normalized spacial score (nSPS) is 19.6. The molecule has 4 aromatic rings. The molecule has 33 heavy (non-hydrogen) atoms. The molecule has 2 heterocycles. The molecule has 1 aliphatic carbocycles. The first kappa shape index (κ1) is 21.5. The molecule has 1 fully saturated rings. The van der Waals surface area contributed by atoms with Gasteiger partial charge in [0.25, 0.3) is 0 Å². The van der Waals surface area contributed by atoms with E-state index in [1.807, 2.05) is 12.1 Å². The summed E-state index contributed by atoms with van der Waals surface area (Å²) in [6.45, 7) is 2.10. The Morgan fingerprint density at radius 1 is 1.06 bits per heavy atom. The minimum absolute atomic E-state index is 0.0888. The van der Waals surface area contributed by atoms with Gasteiger partial charge in [0, 0.05) is 23.1 Å². The summed E-state index contributed by atoms with van der Waals surface area (Å²) in [5.74, 6) is -0.212. The number of fused-ring (bicyclic) bond motifs is 2. The number of nitrogens with zero attached hydrogens (tertiary/aromatic N) is 2. The Bertz CT molecular complexity index is 1340. The SMILES string of the molecule is COC(=O)c1c(F)ccc2nc([C@H](C)[C@H]3CC[C@@H](c4c(F)ccc5ncccc54)CC3)[nH]c12. The van der Waals surface area contributed by atoms with Crippen LogP contribution in [-0.4, -0.2) is 28.0 Å². The van der Waals surface area contributed by atoms with Crippen molar-refractivity contribution in [3.8, 4) is 0 Å². The summed E-state index contributed by atoms with van der Waals surface area (Å²) in [6, 6.07) is 9.86. The Kier molecular flexibility index (Phi) is 5.56. The van der Waals surface area contributed by atoms with Crippen molar-refractivity contribution in [2.45, 2.75) is 44.4 Å². The fraction of sp³-hybridized carbons (Fsp3) is 0.346. The van der Waals surface area contributed by atoms with Gasteiger partial charge in [-0.15, -0.1) is 0 Å². The fourth-order valence-electron chi connectivity index (χ4n) is 5.28. The molecule has 170 valence electrons. The summed E-state index contributed by atoms with van der Waals surface area (Å²) in [6.07, 6.45) is 5.34. The molecule has 0 unspecified atom stereocenters. The van der Waals surface area contributed by atoms with E-state index in [-0.39, 0.29) is 23.2 Å². The lowest BCUT2D eigenvalue weighted by molar-refractivity contribution is 0.0597. The van der Waals surface area contributed by atoms with Gasteiger partial charge in [0.2, 0.25) is 0 Å². The standard InChI is InChI=1S/C26H25F2N3O2/c1-14(25-30-21-12-10-19(28)23(24(21)31-25)26(32)33-2)15-5-7-16(8-6-15)22-17-4-3-13-29-20(17)11-9-18(22)27/h3-4,9-16H,5-8H2,1-2H3,(H,30,31)/t14-,15-,16+/m1/s1. The Hall–Kier alpha value is -3.35. The van der Waals surface area contributed by atoms with E-state index in [1.54, 1.807) is 18.3 Å². The molecular formula is C26H25F2N3O2. The van der Waals surface area contributed by atoms with Gasteiger partial charge in [0.05, 0.1) is 23.7 Å². The van der Waals surface area contributed by atoms with Crippen LogP contribution in [0.2, 0.25) is 0 Å². The Morgan fingerprint density at radius 3 is 2.55 bits per heavy atom. The summed E-state index contributed by atoms with van der Waals surface area (Å²) in [7, 11) is 1.23. The number of nitrogens with one attached hydrogen (secondary N) is 1. The second kappa shape index (κ2) is 8.54. The first-order valence-corrected chi connectivity index (χ1v) is 11.3. The Balaban J connectivity index is 1.38. The monoisotopic (exact) mass is 449 g/mol. The van der Waals surface area contributed by atoms with E-state index in [0.717, 1.165) is 48.0 Å². The van der Waals surface area contributed by atoms with Crippen molar-refractivity contribution >= 4 is 27.9 Å². The third-order valence-electron chi connectivity index (χ3n) is 7.11. The van der Waals surface area contributed by atoms with Crippen molar-refractivity contribution in [1.82, 2.24) is 15.0 Å². The van der Waals surface area contributed by atoms with Crippen LogP contribution in [0.1, 0.15) is 66.2 Å². The zero-order valence-electron chi connectivity index (χ0n) is 18.6. The Labute approximate surface area is 190 Å². The zero-order chi connectivity index (χ0) is 23.1. The number of hydrogen-bond acceptors (Lipinski definition) is 4. The minimum Gasteiger partial charge on any atom is -0.465 e. The van der Waals surface area contributed by atoms with Crippen LogP contribution in [0.5, 0.6) is 0 Å². The summed E-state index contributed by atoms with van der Waals surface area (Å²) >= 11 is 0. The maximum atomic E-state index is 14.8. The number of halogens is 2. The second-order valence-corrected chi connectivity index (χ2v) is 8.86. The molecule has 1 saturated carbocycles. The van der Waals surface area contributed by atoms with E-state index in [1.165, 1.54) is 19.2 Å². The van der Waals surface area contributed by atoms with Gasteiger partial charge in [-0.3, -0.25) is 4.98 Å². The van der Waals surface area contributed by atoms with Crippen LogP contribution in [-0.2, 0) is 4.74 Å². The van der Waals surface area contributed by atoms with Gasteiger partial charge in [-0.25, -0.2) is 18.6 Å². The van der Waals surface area contributed by atoms with E-state index in [2.05, 4.69) is 21.9 Å². The molecule has 1 N–H and O–H groups in total. The number of carbonyl (C=O) groups is 1. The predicted molar refractivity (Wildman–Crippen MR) is 122 cm³/mol. The largest absolute Gasteiger partial charge is 0.465 e. The number of esters is 1. The fourth-order valence-corrected chi connectivity index (χ4v) is 5.28. The van der Waals surface area contributed by atoms with Gasteiger partial charge in [0.15, 0.2) is 0 Å². The number of imidazole rings is 1. The number of carbonyl (C=O) groups excluding carboxylic acids is 1. The average Bonchev–Trinajstić information content (AvgIpc) is 3.27. The lowest BCUT2D eigenvalue weighted by Crippen LogP contribution is -2.19. The maximum Gasteiger partial charge on any atom is 0.343 e. The molecule has 5 nitrogen and oxygen atoms in total. The number of H-pyrrole nitrogens is 1. The summed E-state index contributed by atoms with van der Waals surface area (Å²) < 4.78 is 33.8. The molecule has 5 rings (SSSR count). The summed E-state index contributed by atoms with van der Waals surface area (Å²) in [5.41, 5.74) is 2.37. The predicted octanol–water partition coefficient (Wildman–Crippen LogP) is 6.25. The third-order valence-corrected chi connectivity index (χ3v) is 7.11. The summed E-state index contributed by atoms with van der Waals surface area (Å²) in [4.78, 5) is 24.3. The van der Waals surface area contributed by atoms with Gasteiger partial charge in [-0.05, 0) is 67.9 Å². The van der Waals surface area contributed by atoms with E-state index in [9.17, 15) is 13.6 Å². The lowest BCUT2D eigenvalue weighted by Gasteiger charge is -2.32. The number of aromatic nitrogens is 3. The third kappa shape index (κ3) is 3.75. The van der Waals surface area contributed by atoms with Crippen LogP contribution in [0.15, 0.2) is 42.6 Å². The van der Waals surface area contributed by atoms with Crippen molar-refractivity contribution in [3.05, 3.63) is 71.2 Å². The van der Waals surface area contributed by atoms with Crippen molar-refractivity contribution in [3.63, 3.8) is 0 Å². The van der Waals surface area contributed by atoms with E-state index in [4.69, 9.17) is 4.74 Å². The number of pyridine rings is 1. The lowest BCUT2D eigenvalue weighted by atomic mass is 9.73. The van der Waals surface area contributed by atoms with Crippen LogP contribution in [0, 0.1) is 17.6 Å². The second-order valence-electron chi connectivity index (χ2n) is 8.86. The van der Waals surface area contributed by atoms with Gasteiger partial charge in [0.1, 0.15) is 23.0 Å². The van der Waals surface area contributed by atoms with Gasteiger partial charge in [-0.2, -0.15) is 0 Å². The molecule has 0 spiro atoms. The van der Waals surface area contributed by atoms with Crippen molar-refractivity contribution in [2.24, 2.45) is 5.92 Å². The molecule has 7 heteroatoms. The summed E-state index contributed by atoms with van der Waals surface area (Å²) in [5, 5.41) is 0.892. The highest BCUT2D eigenvalue weighted by atomic mass is 19.1. The highest BCUT2D eigenvalue weighted by Gasteiger charge is 2.31. The molecule has 0 amide bonds. The van der Waals surface area contributed by atoms with Gasteiger partial charge < -0.3 is 9.72 Å². The highest BCUT2D eigenvalue weighted by molar-refractivity contribution is 6.02. The molecule has 2 aromatic carbocycles. The van der Waals surface area contributed by atoms with Gasteiger partial charge in [-0.1, -0.05) is 13.0 Å². The molecule has 0 radical (unpaired) electrons. The van der Waals surface area contributed by atoms with E-state index < -0.39 is 11.8 Å². The first-order valence-electron chi connectivity index (χ1n) is 11.3. The number of rotatable bonds is 4. The Morgan fingerprint density at radius 2 is 1.79 bits per heavy atom. The van der Waals surface area contributed by atoms with E-state index in [0.29, 0.717) is 17.0 Å². The smallest absolute Gasteiger partial charge is 0.343 e. The number of hydrogen-bond donors (Lipinski definition) is 1. The van der Waals surface area contributed by atoms with Crippen LogP contribution < -0.4 is 0 Å². The minimum atomic E-state index is -0.729. The number of aromatic amines is 1. The molecule has 1 aliphatic rings. The van der Waals surface area contributed by atoms with Gasteiger partial charge >= 0.3 is 5.97 Å². The molecule has 0 bridgehead atoms. The zero-order valence-corrected chi connectivity index (χ0v) is 18.6. The molecule has 0 aliphatic heterocycles. The number of methoxy groups -OCH3 is 1. The molecule has 1 atom stereocenters. The van der Waals surface area contributed by atoms with Crippen LogP contribution in [0.3, 0.4) is 0 Å². The molecular weight excluding hydrogens is 424 g/mol. The molecule has 0 saturated heterocycles. The van der Waals surface area contributed by atoms with Crippen LogP contribution in [0.25, 0.3) is 21.9 Å². The first-order chi connectivity index (χ1) is 16.0. The van der Waals surface area contributed by atoms with Crippen molar-refractivity contribution < 1.29 is 18.3 Å².